The lowest BCUT2D eigenvalue weighted by atomic mass is 9.93. The molecule has 0 radical (unpaired) electrons. The molecule has 1 saturated carbocycles. The van der Waals surface area contributed by atoms with Crippen molar-refractivity contribution in [2.24, 2.45) is 0 Å². The summed E-state index contributed by atoms with van der Waals surface area (Å²) in [5.41, 5.74) is 7.92. The largest absolute Gasteiger partial charge is 0.388 e. The summed E-state index contributed by atoms with van der Waals surface area (Å²) in [6.45, 7) is 5.53. The van der Waals surface area contributed by atoms with Crippen molar-refractivity contribution < 1.29 is 14.0 Å². The van der Waals surface area contributed by atoms with Gasteiger partial charge in [-0.25, -0.2) is 4.39 Å². The molecule has 240 valence electrons. The summed E-state index contributed by atoms with van der Waals surface area (Å²) in [6.07, 6.45) is 10.8. The predicted octanol–water partition coefficient (Wildman–Crippen LogP) is 7.88. The highest BCUT2D eigenvalue weighted by Crippen LogP contribution is 2.24. The first kappa shape index (κ1) is 34.2. The summed E-state index contributed by atoms with van der Waals surface area (Å²) in [4.78, 5) is 8.36. The van der Waals surface area contributed by atoms with E-state index in [0.29, 0.717) is 24.7 Å². The number of nitrogens with zero attached hydrogens (tertiary/aromatic N) is 3. The minimum Gasteiger partial charge on any atom is -0.388 e. The van der Waals surface area contributed by atoms with Crippen LogP contribution in [0.1, 0.15) is 60.4 Å². The molecule has 1 aliphatic rings. The zero-order chi connectivity index (χ0) is 32.6. The van der Waals surface area contributed by atoms with E-state index in [0.717, 1.165) is 35.3 Å². The first-order valence-corrected chi connectivity index (χ1v) is 15.8. The van der Waals surface area contributed by atoms with Crippen LogP contribution in [0.3, 0.4) is 0 Å². The minimum atomic E-state index is -0.504. The average Bonchev–Trinajstić information content (AvgIpc) is 3.53. The van der Waals surface area contributed by atoms with Crippen LogP contribution in [0.25, 0.3) is 11.5 Å². The summed E-state index contributed by atoms with van der Waals surface area (Å²) >= 11 is 0. The number of aliphatic hydroxyl groups excluding tert-OH is 1. The quantitative estimate of drug-likeness (QED) is 0.108. The van der Waals surface area contributed by atoms with Gasteiger partial charge in [-0.15, -0.1) is 0 Å². The first-order chi connectivity index (χ1) is 22.4. The highest BCUT2D eigenvalue weighted by molar-refractivity contribution is 5.53. The Bertz CT molecular complexity index is 1600. The fourth-order valence-corrected chi connectivity index (χ4v) is 4.59. The van der Waals surface area contributed by atoms with Gasteiger partial charge < -0.3 is 20.3 Å². The fraction of sp³-hybridized carbons (Fsp3) is 0.289. The van der Waals surface area contributed by atoms with Crippen LogP contribution in [-0.2, 0) is 12.8 Å². The van der Waals surface area contributed by atoms with E-state index in [2.05, 4.69) is 63.0 Å². The number of hydrogen-bond acceptors (Lipinski definition) is 7. The van der Waals surface area contributed by atoms with E-state index in [4.69, 9.17) is 4.52 Å². The van der Waals surface area contributed by atoms with E-state index >= 15 is 0 Å². The molecule has 0 amide bonds. The monoisotopic (exact) mass is 621 g/mol. The van der Waals surface area contributed by atoms with Crippen LogP contribution in [0.15, 0.2) is 113 Å². The number of hydrogen-bond donors (Lipinski definition) is 3. The van der Waals surface area contributed by atoms with Gasteiger partial charge in [0.2, 0.25) is 0 Å². The Hall–Kier alpha value is -4.66. The van der Waals surface area contributed by atoms with Crippen LogP contribution in [0.5, 0.6) is 0 Å². The van der Waals surface area contributed by atoms with E-state index in [9.17, 15) is 9.50 Å². The van der Waals surface area contributed by atoms with Crippen molar-refractivity contribution in [2.45, 2.75) is 52.1 Å². The molecule has 7 nitrogen and oxygen atoms in total. The highest BCUT2D eigenvalue weighted by Gasteiger charge is 2.09. The normalized spacial score (nSPS) is 12.5. The average molecular weight is 622 g/mol. The first-order valence-electron chi connectivity index (χ1n) is 15.8. The molecular formula is C38H44FN5O2. The van der Waals surface area contributed by atoms with Crippen molar-refractivity contribution in [3.63, 3.8) is 0 Å². The Labute approximate surface area is 271 Å². The summed E-state index contributed by atoms with van der Waals surface area (Å²) in [5, 5.41) is 20.3. The second kappa shape index (κ2) is 18.3. The second-order valence-corrected chi connectivity index (χ2v) is 11.2. The fourth-order valence-electron chi connectivity index (χ4n) is 4.59. The molecular weight excluding hydrogens is 577 g/mol. The van der Waals surface area contributed by atoms with Gasteiger partial charge in [0.15, 0.2) is 5.82 Å². The van der Waals surface area contributed by atoms with Crippen molar-refractivity contribution in [1.82, 2.24) is 20.4 Å². The van der Waals surface area contributed by atoms with E-state index < -0.39 is 6.10 Å². The predicted molar refractivity (Wildman–Crippen MR) is 183 cm³/mol. The summed E-state index contributed by atoms with van der Waals surface area (Å²) in [6, 6.07) is 26.3. The lowest BCUT2D eigenvalue weighted by Gasteiger charge is -2.13. The van der Waals surface area contributed by atoms with Gasteiger partial charge in [-0.2, -0.15) is 4.98 Å². The number of benzene rings is 3. The van der Waals surface area contributed by atoms with E-state index in [1.165, 1.54) is 42.5 Å². The third kappa shape index (κ3) is 11.4. The molecule has 46 heavy (non-hydrogen) atoms. The Morgan fingerprint density at radius 3 is 2.26 bits per heavy atom. The Balaban J connectivity index is 0.000000177. The SMILES string of the molecule is CC=C1CCC1.CNc1ccc(CCNC[C@H](O)c2cccnc2)cc1.Cc1ccc(-c2nc(Cc3ccc(F)cc3)no2)cc1. The molecule has 6 rings (SSSR count). The smallest absolute Gasteiger partial charge is 0.257 e. The van der Waals surface area contributed by atoms with Gasteiger partial charge in [0.1, 0.15) is 5.82 Å². The van der Waals surface area contributed by atoms with E-state index in [-0.39, 0.29) is 5.82 Å². The van der Waals surface area contributed by atoms with Crippen LogP contribution >= 0.6 is 0 Å². The topological polar surface area (TPSA) is 96.1 Å². The zero-order valence-corrected chi connectivity index (χ0v) is 26.9. The van der Waals surface area contributed by atoms with Gasteiger partial charge in [0.25, 0.3) is 5.89 Å². The number of rotatable bonds is 10. The highest BCUT2D eigenvalue weighted by atomic mass is 19.1. The summed E-state index contributed by atoms with van der Waals surface area (Å²) in [5.74, 6) is 0.844. The van der Waals surface area contributed by atoms with Crippen LogP contribution in [0, 0.1) is 12.7 Å². The second-order valence-electron chi connectivity index (χ2n) is 11.2. The van der Waals surface area contributed by atoms with Gasteiger partial charge in [-0.1, -0.05) is 64.8 Å². The number of aromatic nitrogens is 3. The molecule has 1 fully saturated rings. The van der Waals surface area contributed by atoms with E-state index in [1.807, 2.05) is 50.4 Å². The molecule has 0 aliphatic heterocycles. The molecule has 5 aromatic rings. The summed E-state index contributed by atoms with van der Waals surface area (Å²) < 4.78 is 18.1. The van der Waals surface area contributed by atoms with Crippen LogP contribution in [0.4, 0.5) is 10.1 Å². The maximum Gasteiger partial charge on any atom is 0.257 e. The molecule has 1 aliphatic carbocycles. The number of allylic oxidation sites excluding steroid dienone is 2. The number of aryl methyl sites for hydroxylation is 1. The van der Waals surface area contributed by atoms with Crippen LogP contribution in [-0.4, -0.2) is 40.4 Å². The molecule has 8 heteroatoms. The lowest BCUT2D eigenvalue weighted by molar-refractivity contribution is 0.174. The molecule has 0 unspecified atom stereocenters. The number of aliphatic hydroxyl groups is 1. The number of pyridine rings is 1. The minimum absolute atomic E-state index is 0.248. The van der Waals surface area contributed by atoms with Gasteiger partial charge >= 0.3 is 0 Å². The molecule has 3 N–H and O–H groups in total. The zero-order valence-electron chi connectivity index (χ0n) is 26.9. The molecule has 0 saturated heterocycles. The number of anilines is 1. The van der Waals surface area contributed by atoms with Crippen LogP contribution in [0.2, 0.25) is 0 Å². The maximum atomic E-state index is 12.8. The molecule has 3 aromatic carbocycles. The molecule has 2 heterocycles. The Morgan fingerprint density at radius 2 is 1.67 bits per heavy atom. The molecule has 0 bridgehead atoms. The summed E-state index contributed by atoms with van der Waals surface area (Å²) in [7, 11) is 1.91. The number of nitrogens with one attached hydrogen (secondary N) is 2. The van der Waals surface area contributed by atoms with Crippen LogP contribution < -0.4 is 10.6 Å². The Kier molecular flexibility index (Phi) is 13.6. The van der Waals surface area contributed by atoms with Crippen molar-refractivity contribution in [2.75, 3.05) is 25.5 Å². The van der Waals surface area contributed by atoms with Gasteiger partial charge in [-0.3, -0.25) is 4.98 Å². The van der Waals surface area contributed by atoms with Gasteiger partial charge in [0, 0.05) is 49.2 Å². The van der Waals surface area contributed by atoms with E-state index in [1.54, 1.807) is 30.1 Å². The Morgan fingerprint density at radius 1 is 0.957 bits per heavy atom. The van der Waals surface area contributed by atoms with Crippen molar-refractivity contribution in [3.8, 4) is 11.5 Å². The standard InChI is InChI=1S/C16H13FN2O.C16H21N3O.C6H10/c1-11-2-6-13(7-3-11)16-18-15(19-20-16)10-12-4-8-14(17)9-5-12;1-17-15-6-4-13(5-7-15)8-10-19-12-16(20)14-3-2-9-18-11-14;1-2-6-4-3-5-6/h2-9H,10H2,1H3;2-7,9,11,16-17,19-20H,8,10,12H2,1H3;2H,3-5H2,1H3/t;16-;/m.0./s1. The third-order valence-corrected chi connectivity index (χ3v) is 7.69. The lowest BCUT2D eigenvalue weighted by Crippen LogP contribution is -2.23. The van der Waals surface area contributed by atoms with Crippen molar-refractivity contribution in [3.05, 3.63) is 143 Å². The van der Waals surface area contributed by atoms with Gasteiger partial charge in [0.05, 0.1) is 6.10 Å². The van der Waals surface area contributed by atoms with Crippen molar-refractivity contribution >= 4 is 5.69 Å². The van der Waals surface area contributed by atoms with Crippen molar-refractivity contribution in [1.29, 1.82) is 0 Å². The van der Waals surface area contributed by atoms with Gasteiger partial charge in [-0.05, 0) is 99.7 Å². The maximum absolute atomic E-state index is 12.8. The molecule has 1 atom stereocenters. The molecule has 2 aromatic heterocycles. The number of halogens is 1. The third-order valence-electron chi connectivity index (χ3n) is 7.69. The molecule has 0 spiro atoms.